The van der Waals surface area contributed by atoms with E-state index in [0.717, 1.165) is 22.3 Å². The monoisotopic (exact) mass is 612 g/mol. The van der Waals surface area contributed by atoms with E-state index in [9.17, 15) is 20.2 Å². The maximum absolute atomic E-state index is 11.3. The number of halogens is 2. The van der Waals surface area contributed by atoms with Crippen molar-refractivity contribution in [3.05, 3.63) is 114 Å². The molecule has 42 heavy (non-hydrogen) atoms. The number of nitrogens with zero attached hydrogens (tertiary/aromatic N) is 10. The van der Waals surface area contributed by atoms with Gasteiger partial charge < -0.3 is 19.6 Å². The van der Waals surface area contributed by atoms with Crippen LogP contribution in [0.25, 0.3) is 0 Å². The number of hydrogen-bond acceptors (Lipinski definition) is 6. The van der Waals surface area contributed by atoms with Crippen molar-refractivity contribution in [1.82, 2.24) is 29.6 Å². The fraction of sp³-hybridized carbons (Fsp3) is 0.308. The van der Waals surface area contributed by atoms with E-state index in [4.69, 9.17) is 23.2 Å². The molecule has 5 rings (SSSR count). The van der Waals surface area contributed by atoms with Gasteiger partial charge in [-0.2, -0.15) is 0 Å². The van der Waals surface area contributed by atoms with Crippen LogP contribution in [0.5, 0.6) is 0 Å². The Morgan fingerprint density at radius 2 is 0.905 bits per heavy atom. The molecule has 0 saturated carbocycles. The summed E-state index contributed by atoms with van der Waals surface area (Å²) in [6.07, 6.45) is 3.29. The largest absolute Gasteiger partial charge is 0.331 e. The minimum atomic E-state index is -0.684. The van der Waals surface area contributed by atoms with Gasteiger partial charge in [0.2, 0.25) is 0 Å². The molecule has 0 spiro atoms. The lowest BCUT2D eigenvalue weighted by atomic mass is 10.1. The molecule has 2 saturated heterocycles. The van der Waals surface area contributed by atoms with Crippen LogP contribution in [-0.2, 0) is 26.2 Å². The van der Waals surface area contributed by atoms with Crippen molar-refractivity contribution in [1.29, 1.82) is 0 Å². The Morgan fingerprint density at radius 3 is 1.19 bits per heavy atom. The van der Waals surface area contributed by atoms with Crippen molar-refractivity contribution in [2.75, 3.05) is 26.2 Å². The molecule has 0 amide bonds. The standard InChI is InChI=1S/C26H26Cl2N10O4/c27-23-7-5-21(13-29-23)17-35-11-9-33(25(35)31-37(39)40)15-19-1-2-20(4-3-19)16-34-10-12-36(26(34)32-38(41)42)18-22-6-8-24(28)30-14-22/h1-8,13-14H,9-12,15-18H2/b31-25-,32-26-. The van der Waals surface area contributed by atoms with E-state index in [2.05, 4.69) is 20.2 Å². The third-order valence-corrected chi connectivity index (χ3v) is 7.29. The number of guanidine groups is 2. The second-order valence-corrected chi connectivity index (χ2v) is 10.5. The predicted octanol–water partition coefficient (Wildman–Crippen LogP) is 3.51. The van der Waals surface area contributed by atoms with Crippen LogP contribution in [0.1, 0.15) is 22.3 Å². The first-order chi connectivity index (χ1) is 20.2. The van der Waals surface area contributed by atoms with Crippen LogP contribution in [0.4, 0.5) is 0 Å². The van der Waals surface area contributed by atoms with E-state index < -0.39 is 10.1 Å². The van der Waals surface area contributed by atoms with Crippen LogP contribution in [0.2, 0.25) is 10.3 Å². The molecule has 2 aliphatic rings. The number of aromatic nitrogens is 2. The molecular formula is C26H26Cl2N10O4. The first-order valence-electron chi connectivity index (χ1n) is 13.0. The van der Waals surface area contributed by atoms with Crippen LogP contribution in [-0.4, -0.2) is 77.7 Å². The molecule has 2 aliphatic heterocycles. The molecule has 3 aromatic rings. The van der Waals surface area contributed by atoms with Gasteiger partial charge in [-0.05, 0) is 34.4 Å². The summed E-state index contributed by atoms with van der Waals surface area (Å²) in [6, 6.07) is 14.8. The Morgan fingerprint density at radius 1 is 0.595 bits per heavy atom. The highest BCUT2D eigenvalue weighted by Crippen LogP contribution is 2.20. The van der Waals surface area contributed by atoms with E-state index in [1.54, 1.807) is 24.5 Å². The van der Waals surface area contributed by atoms with E-state index in [1.807, 2.05) is 56.0 Å². The van der Waals surface area contributed by atoms with Crippen molar-refractivity contribution >= 4 is 35.1 Å². The Labute approximate surface area is 250 Å². The highest BCUT2D eigenvalue weighted by Gasteiger charge is 2.31. The zero-order valence-electron chi connectivity index (χ0n) is 22.3. The quantitative estimate of drug-likeness (QED) is 0.189. The number of rotatable bonds is 10. The third-order valence-electron chi connectivity index (χ3n) is 6.85. The number of hydrazone groups is 2. The van der Waals surface area contributed by atoms with Crippen molar-refractivity contribution in [3.63, 3.8) is 0 Å². The van der Waals surface area contributed by atoms with Gasteiger partial charge in [0.1, 0.15) is 20.5 Å². The molecule has 1 aromatic carbocycles. The fourth-order valence-electron chi connectivity index (χ4n) is 4.91. The van der Waals surface area contributed by atoms with Crippen molar-refractivity contribution in [3.8, 4) is 0 Å². The Hall–Kier alpha value is -4.56. The van der Waals surface area contributed by atoms with Gasteiger partial charge in [-0.15, -0.1) is 0 Å². The number of hydrogen-bond donors (Lipinski definition) is 0. The molecule has 0 unspecified atom stereocenters. The van der Waals surface area contributed by atoms with Gasteiger partial charge in [0.25, 0.3) is 11.9 Å². The van der Waals surface area contributed by atoms with Gasteiger partial charge in [-0.25, -0.2) is 30.2 Å². The summed E-state index contributed by atoms with van der Waals surface area (Å²) >= 11 is 11.8. The van der Waals surface area contributed by atoms with Gasteiger partial charge in [0.05, 0.1) is 0 Å². The number of nitro groups is 2. The molecule has 14 nitrogen and oxygen atoms in total. The molecule has 16 heteroatoms. The van der Waals surface area contributed by atoms with E-state index in [0.29, 0.717) is 62.7 Å². The molecule has 2 fully saturated rings. The van der Waals surface area contributed by atoms with Gasteiger partial charge in [-0.1, -0.05) is 59.6 Å². The first kappa shape index (κ1) is 29.0. The molecule has 0 atom stereocenters. The molecule has 0 bridgehead atoms. The molecule has 0 N–H and O–H groups in total. The first-order valence-corrected chi connectivity index (χ1v) is 13.7. The zero-order chi connectivity index (χ0) is 29.6. The molecule has 2 aromatic heterocycles. The van der Waals surface area contributed by atoms with E-state index in [-0.39, 0.29) is 11.9 Å². The summed E-state index contributed by atoms with van der Waals surface area (Å²) < 4.78 is 0. The van der Waals surface area contributed by atoms with Crippen molar-refractivity contribution < 1.29 is 10.1 Å². The van der Waals surface area contributed by atoms with Crippen LogP contribution in [0.15, 0.2) is 71.1 Å². The average Bonchev–Trinajstić information content (AvgIpc) is 3.50. The molecule has 0 aliphatic carbocycles. The molecule has 4 heterocycles. The Balaban J connectivity index is 1.23. The second kappa shape index (κ2) is 13.0. The van der Waals surface area contributed by atoms with Gasteiger partial charge in [0.15, 0.2) is 10.1 Å². The highest BCUT2D eigenvalue weighted by atomic mass is 35.5. The van der Waals surface area contributed by atoms with Crippen LogP contribution in [0, 0.1) is 20.2 Å². The fourth-order valence-corrected chi connectivity index (χ4v) is 5.14. The lowest BCUT2D eigenvalue weighted by Crippen LogP contribution is -2.34. The Kier molecular flexibility index (Phi) is 8.93. The lowest BCUT2D eigenvalue weighted by molar-refractivity contribution is -0.486. The summed E-state index contributed by atoms with van der Waals surface area (Å²) in [4.78, 5) is 38.2. The Bertz CT molecular complexity index is 1370. The summed E-state index contributed by atoms with van der Waals surface area (Å²) in [7, 11) is 0. The van der Waals surface area contributed by atoms with Crippen molar-refractivity contribution in [2.45, 2.75) is 26.2 Å². The number of benzene rings is 1. The average molecular weight is 613 g/mol. The van der Waals surface area contributed by atoms with E-state index in [1.165, 1.54) is 0 Å². The van der Waals surface area contributed by atoms with Crippen LogP contribution in [0.3, 0.4) is 0 Å². The summed E-state index contributed by atoms with van der Waals surface area (Å²) in [6.45, 7) is 3.99. The predicted molar refractivity (Wildman–Crippen MR) is 155 cm³/mol. The molecule has 218 valence electrons. The van der Waals surface area contributed by atoms with E-state index >= 15 is 0 Å². The van der Waals surface area contributed by atoms with Gasteiger partial charge in [-0.3, -0.25) is 0 Å². The minimum Gasteiger partial charge on any atom is -0.331 e. The smallest absolute Gasteiger partial charge is 0.274 e. The number of pyridine rings is 2. The highest BCUT2D eigenvalue weighted by molar-refractivity contribution is 6.29. The third kappa shape index (κ3) is 7.39. The zero-order valence-corrected chi connectivity index (χ0v) is 23.8. The summed E-state index contributed by atoms with van der Waals surface area (Å²) in [5.74, 6) is 0.570. The van der Waals surface area contributed by atoms with Crippen LogP contribution >= 0.6 is 23.2 Å². The maximum Gasteiger partial charge on any atom is 0.274 e. The summed E-state index contributed by atoms with van der Waals surface area (Å²) in [5, 5.41) is 29.3. The van der Waals surface area contributed by atoms with Gasteiger partial charge in [0, 0.05) is 64.8 Å². The maximum atomic E-state index is 11.3. The molecular weight excluding hydrogens is 587 g/mol. The van der Waals surface area contributed by atoms with Gasteiger partial charge >= 0.3 is 0 Å². The summed E-state index contributed by atoms with van der Waals surface area (Å²) in [5.41, 5.74) is 3.63. The van der Waals surface area contributed by atoms with Crippen molar-refractivity contribution in [2.24, 2.45) is 10.2 Å². The molecule has 0 radical (unpaired) electrons. The second-order valence-electron chi connectivity index (χ2n) is 9.76. The SMILES string of the molecule is O=[N+]([O-])/N=C1/N(Cc2ccc(CN3CCN(Cc4ccc(Cl)nc4)/C3=N\[N+](=O)[O-])cc2)CCN1Cc1ccc(Cl)nc1. The minimum absolute atomic E-state index is 0.285. The topological polar surface area (TPSA) is 150 Å². The normalized spacial score (nSPS) is 17.1. The lowest BCUT2D eigenvalue weighted by Gasteiger charge is -2.22. The van der Waals surface area contributed by atoms with Crippen LogP contribution < -0.4 is 0 Å².